The molecule has 0 saturated heterocycles. The van der Waals surface area contributed by atoms with Crippen LogP contribution in [-0.4, -0.2) is 25.2 Å². The summed E-state index contributed by atoms with van der Waals surface area (Å²) in [5.41, 5.74) is 1.33. The molecule has 0 saturated carbocycles. The molecule has 0 spiro atoms. The number of amides is 1. The third-order valence-corrected chi connectivity index (χ3v) is 4.45. The molecule has 0 bridgehead atoms. The molecule has 146 valence electrons. The highest BCUT2D eigenvalue weighted by molar-refractivity contribution is 5.76. The fraction of sp³-hybridized carbons (Fsp3) is 0.263. The SMILES string of the molecule is Cc1cn(CC(=O)NC(C)c2cnn(-c3cccc(F)c3)c2C)c(=O)[nH]c1=O. The maximum atomic E-state index is 13.5. The topological polar surface area (TPSA) is 102 Å². The van der Waals surface area contributed by atoms with Crippen molar-refractivity contribution < 1.29 is 9.18 Å². The molecule has 9 heteroatoms. The first-order chi connectivity index (χ1) is 13.3. The van der Waals surface area contributed by atoms with Crippen molar-refractivity contribution in [1.29, 1.82) is 0 Å². The van der Waals surface area contributed by atoms with Gasteiger partial charge in [-0.05, 0) is 39.0 Å². The van der Waals surface area contributed by atoms with Gasteiger partial charge in [0.1, 0.15) is 12.4 Å². The Kier molecular flexibility index (Phi) is 5.25. The maximum absolute atomic E-state index is 13.5. The molecule has 2 heterocycles. The van der Waals surface area contributed by atoms with Crippen LogP contribution in [0.2, 0.25) is 0 Å². The Morgan fingerprint density at radius 1 is 1.32 bits per heavy atom. The number of hydrogen-bond acceptors (Lipinski definition) is 4. The molecule has 8 nitrogen and oxygen atoms in total. The number of nitrogens with one attached hydrogen (secondary N) is 2. The van der Waals surface area contributed by atoms with E-state index in [0.29, 0.717) is 11.3 Å². The Bertz CT molecular complexity index is 1140. The molecule has 0 aliphatic rings. The monoisotopic (exact) mass is 385 g/mol. The summed E-state index contributed by atoms with van der Waals surface area (Å²) in [5.74, 6) is -0.754. The van der Waals surface area contributed by atoms with E-state index in [1.165, 1.54) is 18.3 Å². The Labute approximate surface area is 159 Å². The molecule has 28 heavy (non-hydrogen) atoms. The van der Waals surface area contributed by atoms with E-state index >= 15 is 0 Å². The average Bonchev–Trinajstić information content (AvgIpc) is 3.01. The van der Waals surface area contributed by atoms with Crippen molar-refractivity contribution in [3.8, 4) is 5.69 Å². The fourth-order valence-electron chi connectivity index (χ4n) is 2.97. The maximum Gasteiger partial charge on any atom is 0.328 e. The number of carbonyl (C=O) groups excluding carboxylic acids is 1. The second-order valence-electron chi connectivity index (χ2n) is 6.57. The number of carbonyl (C=O) groups is 1. The number of nitrogens with zero attached hydrogens (tertiary/aromatic N) is 3. The van der Waals surface area contributed by atoms with Gasteiger partial charge in [0, 0.05) is 23.0 Å². The van der Waals surface area contributed by atoms with Crippen LogP contribution in [0.4, 0.5) is 4.39 Å². The molecule has 3 aromatic rings. The lowest BCUT2D eigenvalue weighted by Crippen LogP contribution is -2.37. The number of aromatic amines is 1. The van der Waals surface area contributed by atoms with E-state index in [-0.39, 0.29) is 24.3 Å². The summed E-state index contributed by atoms with van der Waals surface area (Å²) in [6.45, 7) is 4.95. The van der Waals surface area contributed by atoms with E-state index in [4.69, 9.17) is 0 Å². The molecule has 3 rings (SSSR count). The Hall–Kier alpha value is -3.49. The van der Waals surface area contributed by atoms with Gasteiger partial charge in [-0.3, -0.25) is 19.1 Å². The van der Waals surface area contributed by atoms with Crippen LogP contribution in [0.25, 0.3) is 5.69 Å². The third kappa shape index (κ3) is 3.93. The quantitative estimate of drug-likeness (QED) is 0.692. The highest BCUT2D eigenvalue weighted by Gasteiger charge is 2.17. The van der Waals surface area contributed by atoms with E-state index in [1.807, 2.05) is 6.92 Å². The first-order valence-corrected chi connectivity index (χ1v) is 8.66. The van der Waals surface area contributed by atoms with E-state index in [9.17, 15) is 18.8 Å². The van der Waals surface area contributed by atoms with Gasteiger partial charge >= 0.3 is 5.69 Å². The van der Waals surface area contributed by atoms with Gasteiger partial charge in [-0.25, -0.2) is 13.9 Å². The lowest BCUT2D eigenvalue weighted by Gasteiger charge is -2.15. The number of hydrogen-bond donors (Lipinski definition) is 2. The second-order valence-corrected chi connectivity index (χ2v) is 6.57. The van der Waals surface area contributed by atoms with Crippen LogP contribution in [0.1, 0.15) is 29.8 Å². The average molecular weight is 385 g/mol. The van der Waals surface area contributed by atoms with Crippen LogP contribution >= 0.6 is 0 Å². The molecular weight excluding hydrogens is 365 g/mol. The Morgan fingerprint density at radius 3 is 2.79 bits per heavy atom. The number of aryl methyl sites for hydroxylation is 1. The number of aromatic nitrogens is 4. The Morgan fingerprint density at radius 2 is 2.07 bits per heavy atom. The summed E-state index contributed by atoms with van der Waals surface area (Å²) in [7, 11) is 0. The number of benzene rings is 1. The summed E-state index contributed by atoms with van der Waals surface area (Å²) >= 11 is 0. The van der Waals surface area contributed by atoms with Crippen molar-refractivity contribution in [2.45, 2.75) is 33.4 Å². The van der Waals surface area contributed by atoms with Crippen LogP contribution in [0.15, 0.2) is 46.2 Å². The van der Waals surface area contributed by atoms with Crippen LogP contribution in [0, 0.1) is 19.7 Å². The predicted molar refractivity (Wildman–Crippen MR) is 101 cm³/mol. The molecule has 0 fully saturated rings. The molecule has 1 atom stereocenters. The molecule has 1 aromatic carbocycles. The molecule has 0 radical (unpaired) electrons. The van der Waals surface area contributed by atoms with Crippen molar-refractivity contribution in [3.63, 3.8) is 0 Å². The number of rotatable bonds is 5. The molecule has 1 unspecified atom stereocenters. The van der Waals surface area contributed by atoms with Gasteiger partial charge in [0.25, 0.3) is 5.56 Å². The van der Waals surface area contributed by atoms with Gasteiger partial charge in [0.15, 0.2) is 0 Å². The molecular formula is C19H20FN5O3. The van der Waals surface area contributed by atoms with Crippen molar-refractivity contribution in [2.24, 2.45) is 0 Å². The lowest BCUT2D eigenvalue weighted by molar-refractivity contribution is -0.122. The number of halogens is 1. The first kappa shape index (κ1) is 19.3. The summed E-state index contributed by atoms with van der Waals surface area (Å²) in [6.07, 6.45) is 2.96. The van der Waals surface area contributed by atoms with Crippen LogP contribution < -0.4 is 16.6 Å². The summed E-state index contributed by atoms with van der Waals surface area (Å²) in [6, 6.07) is 5.68. The van der Waals surface area contributed by atoms with Crippen LogP contribution in [0.5, 0.6) is 0 Å². The van der Waals surface area contributed by atoms with E-state index in [0.717, 1.165) is 15.8 Å². The minimum absolute atomic E-state index is 0.224. The Balaban J connectivity index is 1.76. The van der Waals surface area contributed by atoms with Crippen LogP contribution in [-0.2, 0) is 11.3 Å². The third-order valence-electron chi connectivity index (χ3n) is 4.45. The zero-order valence-corrected chi connectivity index (χ0v) is 15.7. The summed E-state index contributed by atoms with van der Waals surface area (Å²) in [5, 5.41) is 7.08. The van der Waals surface area contributed by atoms with Gasteiger partial charge in [-0.1, -0.05) is 6.07 Å². The summed E-state index contributed by atoms with van der Waals surface area (Å²) < 4.78 is 16.2. The van der Waals surface area contributed by atoms with Gasteiger partial charge in [-0.2, -0.15) is 5.10 Å². The minimum Gasteiger partial charge on any atom is -0.348 e. The molecule has 2 N–H and O–H groups in total. The van der Waals surface area contributed by atoms with Gasteiger partial charge in [0.05, 0.1) is 17.9 Å². The molecule has 0 aliphatic carbocycles. The van der Waals surface area contributed by atoms with Gasteiger partial charge < -0.3 is 5.32 Å². The van der Waals surface area contributed by atoms with Crippen molar-refractivity contribution >= 4 is 5.91 Å². The molecule has 0 aliphatic heterocycles. The normalized spacial score (nSPS) is 12.0. The highest BCUT2D eigenvalue weighted by atomic mass is 19.1. The number of H-pyrrole nitrogens is 1. The molecule has 2 aromatic heterocycles. The van der Waals surface area contributed by atoms with Crippen molar-refractivity contribution in [2.75, 3.05) is 0 Å². The second kappa shape index (κ2) is 7.63. The standard InChI is InChI=1S/C19H20FN5O3/c1-11-9-24(19(28)23-18(11)27)10-17(26)22-12(2)16-8-21-25(13(16)3)15-6-4-5-14(20)7-15/h4-9,12H,10H2,1-3H3,(H,22,26)(H,23,27,28). The highest BCUT2D eigenvalue weighted by Crippen LogP contribution is 2.20. The lowest BCUT2D eigenvalue weighted by atomic mass is 10.1. The minimum atomic E-state index is -0.645. The van der Waals surface area contributed by atoms with E-state index in [2.05, 4.69) is 15.4 Å². The van der Waals surface area contributed by atoms with Crippen molar-refractivity contribution in [3.05, 3.63) is 80.1 Å². The summed E-state index contributed by atoms with van der Waals surface area (Å²) in [4.78, 5) is 37.7. The van der Waals surface area contributed by atoms with E-state index < -0.39 is 11.2 Å². The predicted octanol–water partition coefficient (Wildman–Crippen LogP) is 1.36. The van der Waals surface area contributed by atoms with Crippen molar-refractivity contribution in [1.82, 2.24) is 24.6 Å². The first-order valence-electron chi connectivity index (χ1n) is 8.66. The smallest absolute Gasteiger partial charge is 0.328 e. The van der Waals surface area contributed by atoms with Gasteiger partial charge in [-0.15, -0.1) is 0 Å². The zero-order chi connectivity index (χ0) is 20.4. The van der Waals surface area contributed by atoms with Crippen LogP contribution in [0.3, 0.4) is 0 Å². The fourth-order valence-corrected chi connectivity index (χ4v) is 2.97. The zero-order valence-electron chi connectivity index (χ0n) is 15.7. The molecule has 1 amide bonds. The largest absolute Gasteiger partial charge is 0.348 e. The van der Waals surface area contributed by atoms with E-state index in [1.54, 1.807) is 36.9 Å². The van der Waals surface area contributed by atoms with Gasteiger partial charge in [0.2, 0.25) is 5.91 Å².